The number of para-hydroxylation sites is 1. The molecule has 7 aromatic carbocycles. The molecule has 0 bridgehead atoms. The Morgan fingerprint density at radius 2 is 1.23 bits per heavy atom. The molecule has 7 aromatic rings. The van der Waals surface area contributed by atoms with Gasteiger partial charge in [-0.2, -0.15) is 5.26 Å². The van der Waals surface area contributed by atoms with Crippen LogP contribution in [-0.2, 0) is 5.41 Å². The van der Waals surface area contributed by atoms with Crippen LogP contribution in [0, 0.1) is 11.3 Å². The van der Waals surface area contributed by atoms with Crippen molar-refractivity contribution in [3.05, 3.63) is 174 Å². The molecule has 0 N–H and O–H groups in total. The first-order valence-corrected chi connectivity index (χ1v) is 18.4. The SMILES string of the molecule is CC(C)(C)c1ccc2c(c1)B1c3ccccc3OC3=CC(c4cc(C#N)cc(-c5c6ccccc6c(-c6ccccc6)c6ccccc56)c4)=CC(O2)C13. The van der Waals surface area contributed by atoms with Crippen molar-refractivity contribution in [1.82, 2.24) is 0 Å². The maximum Gasteiger partial charge on any atom is 0.234 e. The van der Waals surface area contributed by atoms with E-state index < -0.39 is 0 Å². The summed E-state index contributed by atoms with van der Waals surface area (Å²) in [4.78, 5) is 0. The van der Waals surface area contributed by atoms with E-state index in [-0.39, 0.29) is 24.0 Å². The standard InChI is InChI=1S/C49H36BNO2/c1-49(2,3)35-21-22-43-41(28-35)50-40-19-11-12-20-42(40)52-44-26-33(27-45(53-43)48(44)50)32-23-30(29-51)24-34(25-32)47-38-17-9-7-15-36(38)46(31-13-5-4-6-14-31)37-16-8-10-18-39(37)47/h4-28,45,48H,1-3H3. The lowest BCUT2D eigenvalue weighted by Crippen LogP contribution is -2.58. The van der Waals surface area contributed by atoms with Crippen LogP contribution in [0.15, 0.2) is 157 Å². The Morgan fingerprint density at radius 1 is 0.604 bits per heavy atom. The topological polar surface area (TPSA) is 42.2 Å². The van der Waals surface area contributed by atoms with Gasteiger partial charge in [0.1, 0.15) is 23.4 Å². The quantitative estimate of drug-likeness (QED) is 0.138. The van der Waals surface area contributed by atoms with E-state index in [9.17, 15) is 5.26 Å². The molecular weight excluding hydrogens is 645 g/mol. The van der Waals surface area contributed by atoms with Crippen molar-refractivity contribution in [2.45, 2.75) is 38.1 Å². The van der Waals surface area contributed by atoms with Crippen LogP contribution in [0.1, 0.15) is 37.5 Å². The second-order valence-corrected chi connectivity index (χ2v) is 15.5. The molecule has 252 valence electrons. The van der Waals surface area contributed by atoms with Gasteiger partial charge in [0.25, 0.3) is 0 Å². The Bertz CT molecular complexity index is 2690. The zero-order valence-electron chi connectivity index (χ0n) is 29.9. The maximum absolute atomic E-state index is 10.4. The molecule has 4 heteroatoms. The molecule has 0 aromatic heterocycles. The highest BCUT2D eigenvalue weighted by atomic mass is 16.5. The summed E-state index contributed by atoms with van der Waals surface area (Å²) in [5.74, 6) is 2.70. The van der Waals surface area contributed by atoms with Crippen molar-refractivity contribution in [1.29, 1.82) is 5.26 Å². The highest BCUT2D eigenvalue weighted by molar-refractivity contribution is 6.88. The first kappa shape index (κ1) is 31.4. The zero-order chi connectivity index (χ0) is 35.8. The fraction of sp³-hybridized carbons (Fsp3) is 0.122. The smallest absolute Gasteiger partial charge is 0.234 e. The van der Waals surface area contributed by atoms with Crippen LogP contribution in [0.4, 0.5) is 0 Å². The van der Waals surface area contributed by atoms with Crippen LogP contribution in [0.5, 0.6) is 11.5 Å². The molecule has 2 heterocycles. The van der Waals surface area contributed by atoms with Crippen molar-refractivity contribution >= 4 is 44.8 Å². The van der Waals surface area contributed by atoms with Crippen molar-refractivity contribution in [2.24, 2.45) is 0 Å². The highest BCUT2D eigenvalue weighted by Gasteiger charge is 2.49. The second kappa shape index (κ2) is 11.9. The monoisotopic (exact) mass is 681 g/mol. The first-order chi connectivity index (χ1) is 25.9. The number of nitriles is 1. The highest BCUT2D eigenvalue weighted by Crippen LogP contribution is 2.47. The molecule has 10 rings (SSSR count). The Kier molecular flexibility index (Phi) is 7.04. The van der Waals surface area contributed by atoms with Gasteiger partial charge in [-0.15, -0.1) is 0 Å². The summed E-state index contributed by atoms with van der Waals surface area (Å²) in [7, 11) is 0. The molecule has 3 nitrogen and oxygen atoms in total. The molecule has 0 saturated heterocycles. The number of rotatable bonds is 3. The van der Waals surface area contributed by atoms with E-state index in [4.69, 9.17) is 9.47 Å². The third-order valence-electron chi connectivity index (χ3n) is 11.3. The molecule has 0 spiro atoms. The van der Waals surface area contributed by atoms with Crippen LogP contribution < -0.4 is 20.4 Å². The number of hydrogen-bond acceptors (Lipinski definition) is 3. The van der Waals surface area contributed by atoms with E-state index in [0.29, 0.717) is 5.56 Å². The third-order valence-corrected chi connectivity index (χ3v) is 11.3. The van der Waals surface area contributed by atoms with Gasteiger partial charge in [0.15, 0.2) is 0 Å². The minimum absolute atomic E-state index is 0.00611. The van der Waals surface area contributed by atoms with E-state index in [0.717, 1.165) is 50.3 Å². The van der Waals surface area contributed by atoms with Crippen molar-refractivity contribution in [2.75, 3.05) is 0 Å². The summed E-state index contributed by atoms with van der Waals surface area (Å²) < 4.78 is 13.6. The summed E-state index contributed by atoms with van der Waals surface area (Å²) in [5.41, 5.74) is 10.8. The maximum atomic E-state index is 10.4. The number of benzene rings is 7. The van der Waals surface area contributed by atoms with Crippen molar-refractivity contribution in [3.63, 3.8) is 0 Å². The van der Waals surface area contributed by atoms with Crippen LogP contribution in [0.2, 0.25) is 5.82 Å². The minimum atomic E-state index is -0.239. The fourth-order valence-electron chi connectivity index (χ4n) is 8.86. The number of allylic oxidation sites excluding steroid dienone is 2. The van der Waals surface area contributed by atoms with Crippen LogP contribution in [0.3, 0.4) is 0 Å². The van der Waals surface area contributed by atoms with Gasteiger partial charge in [0, 0.05) is 5.82 Å². The Morgan fingerprint density at radius 3 is 1.91 bits per heavy atom. The van der Waals surface area contributed by atoms with Gasteiger partial charge in [-0.25, -0.2) is 0 Å². The molecule has 2 atom stereocenters. The Labute approximate surface area is 310 Å². The lowest BCUT2D eigenvalue weighted by Gasteiger charge is -2.43. The Hall–Kier alpha value is -6.31. The molecule has 0 amide bonds. The first-order valence-electron chi connectivity index (χ1n) is 18.4. The Balaban J connectivity index is 1.17. The molecule has 53 heavy (non-hydrogen) atoms. The lowest BCUT2D eigenvalue weighted by molar-refractivity contribution is 0.220. The number of hydrogen-bond donors (Lipinski definition) is 0. The number of fused-ring (bicyclic) bond motifs is 6. The van der Waals surface area contributed by atoms with E-state index in [2.05, 4.69) is 160 Å². The summed E-state index contributed by atoms with van der Waals surface area (Å²) in [6.07, 6.45) is 4.19. The lowest BCUT2D eigenvalue weighted by atomic mass is 9.30. The summed E-state index contributed by atoms with van der Waals surface area (Å²) in [5, 5.41) is 15.1. The van der Waals surface area contributed by atoms with Gasteiger partial charge in [0.2, 0.25) is 6.71 Å². The average Bonchev–Trinajstić information content (AvgIpc) is 3.19. The van der Waals surface area contributed by atoms with Crippen LogP contribution >= 0.6 is 0 Å². The van der Waals surface area contributed by atoms with Gasteiger partial charge in [-0.3, -0.25) is 0 Å². The molecule has 1 aliphatic carbocycles. The van der Waals surface area contributed by atoms with Gasteiger partial charge >= 0.3 is 0 Å². The number of ether oxygens (including phenoxy) is 2. The molecule has 3 aliphatic rings. The summed E-state index contributed by atoms with van der Waals surface area (Å²) in [6, 6.07) is 51.8. The normalized spacial score (nSPS) is 17.1. The molecule has 2 unspecified atom stereocenters. The van der Waals surface area contributed by atoms with Crippen LogP contribution in [0.25, 0.3) is 49.4 Å². The van der Waals surface area contributed by atoms with Crippen molar-refractivity contribution in [3.8, 4) is 39.8 Å². The van der Waals surface area contributed by atoms with E-state index in [1.165, 1.54) is 38.4 Å². The summed E-state index contributed by atoms with van der Waals surface area (Å²) >= 11 is 0. The van der Waals surface area contributed by atoms with Crippen LogP contribution in [-0.4, -0.2) is 12.8 Å². The third kappa shape index (κ3) is 5.03. The fourth-order valence-corrected chi connectivity index (χ4v) is 8.86. The zero-order valence-corrected chi connectivity index (χ0v) is 29.9. The predicted molar refractivity (Wildman–Crippen MR) is 219 cm³/mol. The molecular formula is C49H36BNO2. The van der Waals surface area contributed by atoms with E-state index in [1.54, 1.807) is 0 Å². The van der Waals surface area contributed by atoms with E-state index >= 15 is 0 Å². The molecule has 0 fully saturated rings. The molecule has 0 radical (unpaired) electrons. The van der Waals surface area contributed by atoms with Gasteiger partial charge < -0.3 is 9.47 Å². The predicted octanol–water partition coefficient (Wildman–Crippen LogP) is 10.6. The summed E-state index contributed by atoms with van der Waals surface area (Å²) in [6.45, 7) is 6.87. The number of nitrogens with zero attached hydrogens (tertiary/aromatic N) is 1. The van der Waals surface area contributed by atoms with Gasteiger partial charge in [-0.05, 0) is 119 Å². The largest absolute Gasteiger partial charge is 0.487 e. The van der Waals surface area contributed by atoms with Crippen molar-refractivity contribution < 1.29 is 9.47 Å². The molecule has 2 aliphatic heterocycles. The average molecular weight is 682 g/mol. The van der Waals surface area contributed by atoms with Gasteiger partial charge in [0.05, 0.1) is 11.6 Å². The van der Waals surface area contributed by atoms with Gasteiger partial charge in [-0.1, -0.05) is 130 Å². The molecule has 0 saturated carbocycles. The minimum Gasteiger partial charge on any atom is -0.487 e. The second-order valence-electron chi connectivity index (χ2n) is 15.5. The van der Waals surface area contributed by atoms with E-state index in [1.807, 2.05) is 18.2 Å².